The maximum absolute atomic E-state index is 3.79. The Hall–Kier alpha value is -0.820. The molecule has 0 amide bonds. The molecule has 0 bridgehead atoms. The van der Waals surface area contributed by atoms with Gasteiger partial charge in [0.1, 0.15) is 0 Å². The zero-order valence-electron chi connectivity index (χ0n) is 13.9. The van der Waals surface area contributed by atoms with Gasteiger partial charge in [0, 0.05) is 6.04 Å². The largest absolute Gasteiger partial charge is 0.310 e. The highest BCUT2D eigenvalue weighted by molar-refractivity contribution is 5.33. The SMILES string of the molecule is CCNC(c1cc(C)ccc1C)C1CCCCC1(C)C. The van der Waals surface area contributed by atoms with Gasteiger partial charge in [-0.3, -0.25) is 0 Å². The van der Waals surface area contributed by atoms with Crippen molar-refractivity contribution in [2.45, 2.75) is 66.3 Å². The molecule has 2 unspecified atom stereocenters. The third-order valence-electron chi connectivity index (χ3n) is 5.19. The van der Waals surface area contributed by atoms with Crippen LogP contribution in [0.15, 0.2) is 18.2 Å². The molecular formula is C19H31N. The molecule has 1 N–H and O–H groups in total. The Morgan fingerprint density at radius 1 is 1.25 bits per heavy atom. The predicted molar refractivity (Wildman–Crippen MR) is 88.1 cm³/mol. The summed E-state index contributed by atoms with van der Waals surface area (Å²) in [5.74, 6) is 0.747. The molecule has 1 saturated carbocycles. The molecule has 0 radical (unpaired) electrons. The number of hydrogen-bond acceptors (Lipinski definition) is 1. The molecule has 112 valence electrons. The molecule has 1 aromatic rings. The highest BCUT2D eigenvalue weighted by atomic mass is 14.9. The van der Waals surface area contributed by atoms with Crippen molar-refractivity contribution in [2.24, 2.45) is 11.3 Å². The van der Waals surface area contributed by atoms with Crippen molar-refractivity contribution in [2.75, 3.05) is 6.54 Å². The molecule has 0 spiro atoms. The Morgan fingerprint density at radius 3 is 2.65 bits per heavy atom. The van der Waals surface area contributed by atoms with E-state index in [1.807, 2.05) is 0 Å². The van der Waals surface area contributed by atoms with Gasteiger partial charge in [0.15, 0.2) is 0 Å². The Balaban J connectivity index is 2.37. The van der Waals surface area contributed by atoms with Crippen molar-refractivity contribution >= 4 is 0 Å². The van der Waals surface area contributed by atoms with Crippen LogP contribution in [0.2, 0.25) is 0 Å². The molecule has 1 heteroatoms. The average molecular weight is 273 g/mol. The lowest BCUT2D eigenvalue weighted by Crippen LogP contribution is -2.39. The van der Waals surface area contributed by atoms with Gasteiger partial charge in [0.05, 0.1) is 0 Å². The summed E-state index contributed by atoms with van der Waals surface area (Å²) in [4.78, 5) is 0. The van der Waals surface area contributed by atoms with Crippen molar-refractivity contribution in [1.29, 1.82) is 0 Å². The predicted octanol–water partition coefficient (Wildman–Crippen LogP) is 5.17. The first-order valence-electron chi connectivity index (χ1n) is 8.26. The van der Waals surface area contributed by atoms with E-state index in [0.717, 1.165) is 12.5 Å². The first-order valence-corrected chi connectivity index (χ1v) is 8.26. The summed E-state index contributed by atoms with van der Waals surface area (Å²) in [5, 5.41) is 3.79. The monoisotopic (exact) mass is 273 g/mol. The van der Waals surface area contributed by atoms with Crippen molar-refractivity contribution in [1.82, 2.24) is 5.32 Å². The molecule has 2 atom stereocenters. The van der Waals surface area contributed by atoms with Gasteiger partial charge in [-0.2, -0.15) is 0 Å². The second kappa shape index (κ2) is 6.30. The molecule has 0 heterocycles. The number of aryl methyl sites for hydroxylation is 2. The fraction of sp³-hybridized carbons (Fsp3) is 0.684. The quantitative estimate of drug-likeness (QED) is 0.798. The molecule has 1 aromatic carbocycles. The van der Waals surface area contributed by atoms with E-state index in [1.165, 1.54) is 42.4 Å². The van der Waals surface area contributed by atoms with E-state index in [4.69, 9.17) is 0 Å². The van der Waals surface area contributed by atoms with Crippen LogP contribution < -0.4 is 5.32 Å². The average Bonchev–Trinajstić information content (AvgIpc) is 2.39. The van der Waals surface area contributed by atoms with E-state index in [-0.39, 0.29) is 0 Å². The molecule has 1 fully saturated rings. The number of benzene rings is 1. The van der Waals surface area contributed by atoms with E-state index >= 15 is 0 Å². The highest BCUT2D eigenvalue weighted by Crippen LogP contribution is 2.47. The van der Waals surface area contributed by atoms with Crippen LogP contribution in [0.3, 0.4) is 0 Å². The Kier molecular flexibility index (Phi) is 4.90. The number of rotatable bonds is 4. The van der Waals surface area contributed by atoms with Gasteiger partial charge in [-0.25, -0.2) is 0 Å². The zero-order valence-corrected chi connectivity index (χ0v) is 13.9. The van der Waals surface area contributed by atoms with Gasteiger partial charge in [-0.05, 0) is 55.7 Å². The smallest absolute Gasteiger partial charge is 0.0356 e. The molecule has 1 nitrogen and oxygen atoms in total. The minimum Gasteiger partial charge on any atom is -0.310 e. The van der Waals surface area contributed by atoms with Crippen LogP contribution in [-0.2, 0) is 0 Å². The van der Waals surface area contributed by atoms with Crippen LogP contribution in [0, 0.1) is 25.2 Å². The molecule has 0 aliphatic heterocycles. The van der Waals surface area contributed by atoms with Gasteiger partial charge < -0.3 is 5.32 Å². The van der Waals surface area contributed by atoms with Crippen LogP contribution in [-0.4, -0.2) is 6.54 Å². The lowest BCUT2D eigenvalue weighted by molar-refractivity contribution is 0.0986. The highest BCUT2D eigenvalue weighted by Gasteiger charge is 2.38. The van der Waals surface area contributed by atoms with Crippen molar-refractivity contribution in [3.8, 4) is 0 Å². The van der Waals surface area contributed by atoms with Gasteiger partial charge in [-0.1, -0.05) is 57.4 Å². The van der Waals surface area contributed by atoms with Crippen molar-refractivity contribution < 1.29 is 0 Å². The molecule has 0 aromatic heterocycles. The van der Waals surface area contributed by atoms with Crippen molar-refractivity contribution in [3.05, 3.63) is 34.9 Å². The summed E-state index contributed by atoms with van der Waals surface area (Å²) in [5.41, 5.74) is 4.78. The van der Waals surface area contributed by atoms with E-state index < -0.39 is 0 Å². The minimum absolute atomic E-state index is 0.446. The molecule has 1 aliphatic carbocycles. The lowest BCUT2D eigenvalue weighted by atomic mass is 9.64. The summed E-state index contributed by atoms with van der Waals surface area (Å²) < 4.78 is 0. The van der Waals surface area contributed by atoms with E-state index in [2.05, 4.69) is 58.1 Å². The van der Waals surface area contributed by atoms with E-state index in [1.54, 1.807) is 0 Å². The molecule has 1 aliphatic rings. The molecule has 0 saturated heterocycles. The van der Waals surface area contributed by atoms with E-state index in [9.17, 15) is 0 Å². The van der Waals surface area contributed by atoms with Gasteiger partial charge in [0.25, 0.3) is 0 Å². The lowest BCUT2D eigenvalue weighted by Gasteiger charge is -2.44. The fourth-order valence-electron chi connectivity index (χ4n) is 3.92. The van der Waals surface area contributed by atoms with Crippen LogP contribution in [0.5, 0.6) is 0 Å². The summed E-state index contributed by atoms with van der Waals surface area (Å²) in [6, 6.07) is 7.42. The van der Waals surface area contributed by atoms with Gasteiger partial charge in [-0.15, -0.1) is 0 Å². The summed E-state index contributed by atoms with van der Waals surface area (Å²) >= 11 is 0. The van der Waals surface area contributed by atoms with E-state index in [0.29, 0.717) is 11.5 Å². The molecular weight excluding hydrogens is 242 g/mol. The Labute approximate surface area is 125 Å². The number of nitrogens with one attached hydrogen (secondary N) is 1. The molecule has 2 rings (SSSR count). The number of hydrogen-bond donors (Lipinski definition) is 1. The summed E-state index contributed by atoms with van der Waals surface area (Å²) in [6.07, 6.45) is 5.51. The van der Waals surface area contributed by atoms with Gasteiger partial charge >= 0.3 is 0 Å². The first kappa shape index (κ1) is 15.6. The van der Waals surface area contributed by atoms with Gasteiger partial charge in [0.2, 0.25) is 0 Å². The van der Waals surface area contributed by atoms with Crippen molar-refractivity contribution in [3.63, 3.8) is 0 Å². The second-order valence-corrected chi connectivity index (χ2v) is 7.24. The maximum atomic E-state index is 3.79. The third-order valence-corrected chi connectivity index (χ3v) is 5.19. The first-order chi connectivity index (χ1) is 9.45. The fourth-order valence-corrected chi connectivity index (χ4v) is 3.92. The Morgan fingerprint density at radius 2 is 2.00 bits per heavy atom. The molecule has 20 heavy (non-hydrogen) atoms. The summed E-state index contributed by atoms with van der Waals surface area (Å²) in [6.45, 7) is 12.7. The minimum atomic E-state index is 0.446. The topological polar surface area (TPSA) is 12.0 Å². The standard InChI is InChI=1S/C19H31N/c1-6-20-18(16-13-14(2)10-11-15(16)3)17-9-7-8-12-19(17,4)5/h10-11,13,17-18,20H,6-9,12H2,1-5H3. The van der Waals surface area contributed by atoms with Crippen LogP contribution in [0.25, 0.3) is 0 Å². The zero-order chi connectivity index (χ0) is 14.8. The normalized spacial score (nSPS) is 23.6. The summed E-state index contributed by atoms with van der Waals surface area (Å²) in [7, 11) is 0. The maximum Gasteiger partial charge on any atom is 0.0356 e. The van der Waals surface area contributed by atoms with Crippen LogP contribution >= 0.6 is 0 Å². The van der Waals surface area contributed by atoms with Crippen LogP contribution in [0.4, 0.5) is 0 Å². The second-order valence-electron chi connectivity index (χ2n) is 7.24. The van der Waals surface area contributed by atoms with Crippen LogP contribution in [0.1, 0.15) is 69.2 Å². The Bertz CT molecular complexity index is 447. The third kappa shape index (κ3) is 3.25.